The van der Waals surface area contributed by atoms with E-state index in [2.05, 4.69) is 32.1 Å². The van der Waals surface area contributed by atoms with Gasteiger partial charge in [-0.2, -0.15) is 0 Å². The molecule has 1 aliphatic rings. The van der Waals surface area contributed by atoms with Gasteiger partial charge in [0.15, 0.2) is 11.9 Å². The zero-order valence-corrected chi connectivity index (χ0v) is 21.9. The lowest BCUT2D eigenvalue weighted by atomic mass is 10.1. The number of aryl methyl sites for hydroxylation is 1. The summed E-state index contributed by atoms with van der Waals surface area (Å²) in [5, 5.41) is 13.5. The second-order valence-electron chi connectivity index (χ2n) is 9.56. The molecule has 1 aromatic carbocycles. The molecule has 194 valence electrons. The quantitative estimate of drug-likeness (QED) is 0.342. The highest BCUT2D eigenvalue weighted by atomic mass is 32.1. The highest BCUT2D eigenvalue weighted by Crippen LogP contribution is 2.31. The number of aliphatic hydroxyl groups excluding tert-OH is 1. The molecule has 6 rings (SSSR count). The predicted molar refractivity (Wildman–Crippen MR) is 148 cm³/mol. The second-order valence-corrected chi connectivity index (χ2v) is 10.6. The van der Waals surface area contributed by atoms with Crippen LogP contribution in [-0.2, 0) is 0 Å². The van der Waals surface area contributed by atoms with Gasteiger partial charge in [0.2, 0.25) is 5.43 Å². The van der Waals surface area contributed by atoms with Gasteiger partial charge in [-0.15, -0.1) is 11.3 Å². The van der Waals surface area contributed by atoms with Crippen molar-refractivity contribution in [3.05, 3.63) is 76.0 Å². The van der Waals surface area contributed by atoms with E-state index in [-0.39, 0.29) is 11.3 Å². The first kappa shape index (κ1) is 24.4. The third-order valence-electron chi connectivity index (χ3n) is 6.89. The molecule has 1 aliphatic heterocycles. The molecule has 38 heavy (non-hydrogen) atoms. The summed E-state index contributed by atoms with van der Waals surface area (Å²) in [6.07, 6.45) is 2.52. The summed E-state index contributed by atoms with van der Waals surface area (Å²) >= 11 is 1.35. The molecule has 0 bridgehead atoms. The number of aromatic nitrogens is 4. The number of pyridine rings is 2. The number of hydrogen-bond acceptors (Lipinski definition) is 9. The third kappa shape index (κ3) is 4.28. The van der Waals surface area contributed by atoms with E-state index in [0.717, 1.165) is 48.6 Å². The molecule has 1 amide bonds. The van der Waals surface area contributed by atoms with E-state index < -0.39 is 17.6 Å². The van der Waals surface area contributed by atoms with Crippen molar-refractivity contribution in [2.24, 2.45) is 0 Å². The zero-order chi connectivity index (χ0) is 26.4. The Morgan fingerprint density at radius 1 is 1.08 bits per heavy atom. The molecule has 10 nitrogen and oxygen atoms in total. The molecule has 11 heteroatoms. The lowest BCUT2D eigenvalue weighted by molar-refractivity contribution is 0.0774. The smallest absolute Gasteiger partial charge is 0.260 e. The number of aliphatic hydroxyl groups is 1. The van der Waals surface area contributed by atoms with Crippen LogP contribution in [0.3, 0.4) is 0 Å². The van der Waals surface area contributed by atoms with Crippen molar-refractivity contribution in [2.75, 3.05) is 38.1 Å². The van der Waals surface area contributed by atoms with Crippen LogP contribution in [0, 0.1) is 6.92 Å². The van der Waals surface area contributed by atoms with Crippen molar-refractivity contribution in [2.45, 2.75) is 19.6 Å². The summed E-state index contributed by atoms with van der Waals surface area (Å²) in [5.41, 5.74) is 1.78. The Bertz CT molecular complexity index is 1730. The van der Waals surface area contributed by atoms with Gasteiger partial charge in [0.05, 0.1) is 27.5 Å². The van der Waals surface area contributed by atoms with Crippen molar-refractivity contribution in [1.29, 1.82) is 0 Å². The lowest BCUT2D eigenvalue weighted by Crippen LogP contribution is -2.33. The standard InChI is InChI=1S/C27H27N7O3S/c1-16-14-29-18(15-28-16)25(36)31-26(37)22-23(35)17-8-9-21(33-11-5-10-32(2)12-13-33)30-24(17)34-19-6-3-4-7-20(19)38-27(22)34/h3-4,6-9,14-15,25,36H,5,10-13H2,1-2H3,(H,31,37). The predicted octanol–water partition coefficient (Wildman–Crippen LogP) is 2.72. The van der Waals surface area contributed by atoms with E-state index >= 15 is 0 Å². The minimum atomic E-state index is -1.42. The fraction of sp³-hybridized carbons (Fsp3) is 0.296. The fourth-order valence-corrected chi connectivity index (χ4v) is 6.03. The molecule has 0 aliphatic carbocycles. The summed E-state index contributed by atoms with van der Waals surface area (Å²) in [6.45, 7) is 5.47. The number of benzene rings is 1. The van der Waals surface area contributed by atoms with Gasteiger partial charge in [0.25, 0.3) is 5.91 Å². The van der Waals surface area contributed by atoms with Gasteiger partial charge in [0.1, 0.15) is 21.9 Å². The van der Waals surface area contributed by atoms with Crippen molar-refractivity contribution in [1.82, 2.24) is 29.6 Å². The van der Waals surface area contributed by atoms with E-state index in [1.165, 1.54) is 23.7 Å². The number of hydrogen-bond donors (Lipinski definition) is 2. The van der Waals surface area contributed by atoms with Gasteiger partial charge in [-0.3, -0.25) is 24.0 Å². The number of carbonyl (C=O) groups excluding carboxylic acids is 1. The highest BCUT2D eigenvalue weighted by molar-refractivity contribution is 7.24. The van der Waals surface area contributed by atoms with Gasteiger partial charge in [-0.05, 0) is 51.2 Å². The molecule has 1 saturated heterocycles. The Balaban J connectivity index is 1.50. The van der Waals surface area contributed by atoms with E-state index in [0.29, 0.717) is 21.6 Å². The Morgan fingerprint density at radius 2 is 1.92 bits per heavy atom. The number of fused-ring (bicyclic) bond motifs is 5. The summed E-state index contributed by atoms with van der Waals surface area (Å²) in [5.74, 6) is 0.123. The number of likely N-dealkylation sites (N-methyl/N-ethyl adjacent to an activating group) is 1. The number of anilines is 1. The van der Waals surface area contributed by atoms with Crippen LogP contribution in [0.2, 0.25) is 0 Å². The summed E-state index contributed by atoms with van der Waals surface area (Å²) < 4.78 is 2.80. The number of rotatable bonds is 4. The van der Waals surface area contributed by atoms with Crippen molar-refractivity contribution >= 4 is 49.1 Å². The molecule has 5 heterocycles. The Kier molecular flexibility index (Phi) is 6.26. The van der Waals surface area contributed by atoms with Crippen molar-refractivity contribution in [3.63, 3.8) is 0 Å². The van der Waals surface area contributed by atoms with Crippen LogP contribution in [0.4, 0.5) is 5.82 Å². The Morgan fingerprint density at radius 3 is 2.74 bits per heavy atom. The fourth-order valence-electron chi connectivity index (χ4n) is 4.84. The largest absolute Gasteiger partial charge is 0.368 e. The number of carbonyl (C=O) groups is 1. The molecular weight excluding hydrogens is 502 g/mol. The van der Waals surface area contributed by atoms with Gasteiger partial charge < -0.3 is 20.2 Å². The minimum Gasteiger partial charge on any atom is -0.368 e. The maximum atomic E-state index is 13.8. The SMILES string of the molecule is Cc1cnc(C(O)NC(=O)c2c(=O)c3ccc(N4CCCN(C)CC4)nc3n3c2sc2ccccc23)cn1. The van der Waals surface area contributed by atoms with Gasteiger partial charge in [0, 0.05) is 25.8 Å². The molecule has 2 N–H and O–H groups in total. The van der Waals surface area contributed by atoms with E-state index in [9.17, 15) is 14.7 Å². The molecule has 5 aromatic rings. The van der Waals surface area contributed by atoms with Crippen LogP contribution in [-0.4, -0.2) is 68.5 Å². The first-order valence-electron chi connectivity index (χ1n) is 12.5. The second kappa shape index (κ2) is 9.75. The normalized spacial score (nSPS) is 15.7. The molecule has 4 aromatic heterocycles. The minimum absolute atomic E-state index is 0.0382. The lowest BCUT2D eigenvalue weighted by Gasteiger charge is -2.22. The van der Waals surface area contributed by atoms with Crippen LogP contribution in [0.1, 0.15) is 34.4 Å². The molecule has 1 fully saturated rings. The van der Waals surface area contributed by atoms with Crippen LogP contribution in [0.5, 0.6) is 0 Å². The number of para-hydroxylation sites is 1. The topological polar surface area (TPSA) is 116 Å². The number of amides is 1. The summed E-state index contributed by atoms with van der Waals surface area (Å²) in [6, 6.07) is 11.4. The molecule has 0 saturated carbocycles. The van der Waals surface area contributed by atoms with Crippen LogP contribution in [0.25, 0.3) is 26.1 Å². The van der Waals surface area contributed by atoms with E-state index in [4.69, 9.17) is 4.98 Å². The van der Waals surface area contributed by atoms with E-state index in [1.807, 2.05) is 34.7 Å². The average molecular weight is 530 g/mol. The van der Waals surface area contributed by atoms with Crippen molar-refractivity contribution in [3.8, 4) is 0 Å². The highest BCUT2D eigenvalue weighted by Gasteiger charge is 2.25. The van der Waals surface area contributed by atoms with Gasteiger partial charge in [-0.25, -0.2) is 4.98 Å². The first-order valence-corrected chi connectivity index (χ1v) is 13.3. The van der Waals surface area contributed by atoms with Crippen LogP contribution < -0.4 is 15.6 Å². The van der Waals surface area contributed by atoms with E-state index in [1.54, 1.807) is 13.0 Å². The first-order chi connectivity index (χ1) is 18.4. The monoisotopic (exact) mass is 529 g/mol. The average Bonchev–Trinajstić information content (AvgIpc) is 3.16. The maximum absolute atomic E-state index is 13.8. The Labute approximate surface area is 222 Å². The number of nitrogens with one attached hydrogen (secondary N) is 1. The molecule has 1 atom stereocenters. The number of thiazole rings is 1. The van der Waals surface area contributed by atoms with Crippen LogP contribution in [0.15, 0.2) is 53.6 Å². The molecule has 1 unspecified atom stereocenters. The summed E-state index contributed by atoms with van der Waals surface area (Å²) in [4.78, 5) is 45.5. The number of nitrogens with zero attached hydrogens (tertiary/aromatic N) is 6. The molecule has 0 spiro atoms. The summed E-state index contributed by atoms with van der Waals surface area (Å²) in [7, 11) is 2.12. The molecule has 0 radical (unpaired) electrons. The van der Waals surface area contributed by atoms with Gasteiger partial charge >= 0.3 is 0 Å². The zero-order valence-electron chi connectivity index (χ0n) is 21.1. The Hall–Kier alpha value is -3.93. The van der Waals surface area contributed by atoms with Crippen LogP contribution >= 0.6 is 11.3 Å². The molecular formula is C27H27N7O3S. The van der Waals surface area contributed by atoms with Crippen molar-refractivity contribution < 1.29 is 9.90 Å². The maximum Gasteiger partial charge on any atom is 0.260 e. The third-order valence-corrected chi connectivity index (χ3v) is 8.04. The van der Waals surface area contributed by atoms with Gasteiger partial charge in [-0.1, -0.05) is 12.1 Å².